The minimum Gasteiger partial charge on any atom is -0.390 e. The van der Waals surface area contributed by atoms with Gasteiger partial charge < -0.3 is 5.11 Å². The van der Waals surface area contributed by atoms with Gasteiger partial charge in [0.05, 0.1) is 5.60 Å². The lowest BCUT2D eigenvalue weighted by Gasteiger charge is -2.33. The largest absolute Gasteiger partial charge is 0.390 e. The Labute approximate surface area is 81.5 Å². The normalized spacial score (nSPS) is 43.4. The van der Waals surface area contributed by atoms with E-state index in [1.807, 2.05) is 0 Å². The van der Waals surface area contributed by atoms with Crippen LogP contribution in [0.3, 0.4) is 0 Å². The second-order valence-electron chi connectivity index (χ2n) is 5.62. The van der Waals surface area contributed by atoms with Gasteiger partial charge in [-0.15, -0.1) is 0 Å². The van der Waals surface area contributed by atoms with Crippen LogP contribution in [-0.2, 0) is 0 Å². The smallest absolute Gasteiger partial charge is 0.0678 e. The Balaban J connectivity index is 1.90. The highest BCUT2D eigenvalue weighted by atomic mass is 16.3. The fraction of sp³-hybridized carbons (Fsp3) is 1.00. The van der Waals surface area contributed by atoms with Gasteiger partial charge in [0.2, 0.25) is 0 Å². The SMILES string of the molecule is CC(C)CCC1(O)CC2CCC1C2. The third kappa shape index (κ3) is 1.76. The van der Waals surface area contributed by atoms with Gasteiger partial charge in [-0.2, -0.15) is 0 Å². The Morgan fingerprint density at radius 1 is 1.38 bits per heavy atom. The monoisotopic (exact) mass is 182 g/mol. The van der Waals surface area contributed by atoms with E-state index in [1.165, 1.54) is 25.7 Å². The van der Waals surface area contributed by atoms with Gasteiger partial charge in [-0.3, -0.25) is 0 Å². The van der Waals surface area contributed by atoms with Crippen LogP contribution in [0.25, 0.3) is 0 Å². The first-order valence-corrected chi connectivity index (χ1v) is 5.82. The molecule has 0 aromatic heterocycles. The summed E-state index contributed by atoms with van der Waals surface area (Å²) < 4.78 is 0. The lowest BCUT2D eigenvalue weighted by molar-refractivity contribution is -0.0244. The number of fused-ring (bicyclic) bond motifs is 2. The van der Waals surface area contributed by atoms with Crippen molar-refractivity contribution in [3.05, 3.63) is 0 Å². The average Bonchev–Trinajstić information content (AvgIpc) is 2.60. The molecule has 1 heteroatoms. The van der Waals surface area contributed by atoms with Crippen molar-refractivity contribution in [1.29, 1.82) is 0 Å². The molecule has 0 aromatic rings. The molecule has 3 atom stereocenters. The predicted molar refractivity (Wildman–Crippen MR) is 54.5 cm³/mol. The summed E-state index contributed by atoms with van der Waals surface area (Å²) in [5, 5.41) is 10.4. The Bertz CT molecular complexity index is 188. The van der Waals surface area contributed by atoms with Gasteiger partial charge in [-0.25, -0.2) is 0 Å². The number of rotatable bonds is 3. The highest BCUT2D eigenvalue weighted by Crippen LogP contribution is 2.52. The van der Waals surface area contributed by atoms with E-state index in [-0.39, 0.29) is 5.60 Å². The molecular weight excluding hydrogens is 160 g/mol. The lowest BCUT2D eigenvalue weighted by atomic mass is 9.80. The van der Waals surface area contributed by atoms with Crippen molar-refractivity contribution >= 4 is 0 Å². The molecule has 2 rings (SSSR count). The van der Waals surface area contributed by atoms with Crippen LogP contribution in [0.15, 0.2) is 0 Å². The second-order valence-corrected chi connectivity index (χ2v) is 5.62. The molecule has 76 valence electrons. The fourth-order valence-corrected chi connectivity index (χ4v) is 3.26. The molecule has 0 amide bonds. The van der Waals surface area contributed by atoms with Gasteiger partial charge >= 0.3 is 0 Å². The summed E-state index contributed by atoms with van der Waals surface area (Å²) in [6, 6.07) is 0. The van der Waals surface area contributed by atoms with Crippen LogP contribution < -0.4 is 0 Å². The molecular formula is C12H22O. The van der Waals surface area contributed by atoms with E-state index >= 15 is 0 Å². The molecule has 2 fully saturated rings. The van der Waals surface area contributed by atoms with E-state index in [2.05, 4.69) is 13.8 Å². The zero-order valence-corrected chi connectivity index (χ0v) is 8.92. The third-order valence-electron chi connectivity index (χ3n) is 4.10. The summed E-state index contributed by atoms with van der Waals surface area (Å²) >= 11 is 0. The quantitative estimate of drug-likeness (QED) is 0.711. The Morgan fingerprint density at radius 2 is 2.15 bits per heavy atom. The van der Waals surface area contributed by atoms with Crippen molar-refractivity contribution in [3.8, 4) is 0 Å². The van der Waals surface area contributed by atoms with E-state index in [0.717, 1.165) is 24.7 Å². The molecule has 1 N–H and O–H groups in total. The van der Waals surface area contributed by atoms with Gasteiger partial charge in [0.1, 0.15) is 0 Å². The highest BCUT2D eigenvalue weighted by molar-refractivity contribution is 5.00. The van der Waals surface area contributed by atoms with Crippen molar-refractivity contribution < 1.29 is 5.11 Å². The summed E-state index contributed by atoms with van der Waals surface area (Å²) in [5.74, 6) is 2.25. The van der Waals surface area contributed by atoms with E-state index in [0.29, 0.717) is 5.92 Å². The van der Waals surface area contributed by atoms with Gasteiger partial charge in [-0.1, -0.05) is 13.8 Å². The predicted octanol–water partition coefficient (Wildman–Crippen LogP) is 2.97. The van der Waals surface area contributed by atoms with E-state index in [9.17, 15) is 5.11 Å². The maximum Gasteiger partial charge on any atom is 0.0678 e. The average molecular weight is 182 g/mol. The summed E-state index contributed by atoms with van der Waals surface area (Å²) in [4.78, 5) is 0. The zero-order valence-electron chi connectivity index (χ0n) is 8.92. The van der Waals surface area contributed by atoms with Crippen LogP contribution in [-0.4, -0.2) is 10.7 Å². The molecule has 1 nitrogen and oxygen atoms in total. The zero-order chi connectivity index (χ0) is 9.47. The molecule has 13 heavy (non-hydrogen) atoms. The molecule has 0 aliphatic heterocycles. The first kappa shape index (κ1) is 9.51. The lowest BCUT2D eigenvalue weighted by Crippen LogP contribution is -2.35. The molecule has 0 spiro atoms. The van der Waals surface area contributed by atoms with E-state index in [1.54, 1.807) is 0 Å². The number of hydrogen-bond donors (Lipinski definition) is 1. The molecule has 3 unspecified atom stereocenters. The number of aliphatic hydroxyl groups is 1. The van der Waals surface area contributed by atoms with E-state index in [4.69, 9.17) is 0 Å². The van der Waals surface area contributed by atoms with Crippen LogP contribution in [0.4, 0.5) is 0 Å². The summed E-state index contributed by atoms with van der Waals surface area (Å²) in [6.45, 7) is 4.49. The maximum atomic E-state index is 10.4. The molecule has 2 saturated carbocycles. The fourth-order valence-electron chi connectivity index (χ4n) is 3.26. The second kappa shape index (κ2) is 3.27. The number of hydrogen-bond acceptors (Lipinski definition) is 1. The van der Waals surface area contributed by atoms with E-state index < -0.39 is 0 Å². The molecule has 0 heterocycles. The first-order chi connectivity index (χ1) is 6.10. The minimum atomic E-state index is -0.257. The van der Waals surface area contributed by atoms with Crippen LogP contribution in [0.5, 0.6) is 0 Å². The van der Waals surface area contributed by atoms with Crippen molar-refractivity contribution in [2.75, 3.05) is 0 Å². The molecule has 0 saturated heterocycles. The summed E-state index contributed by atoms with van der Waals surface area (Å²) in [7, 11) is 0. The van der Waals surface area contributed by atoms with Gasteiger partial charge in [-0.05, 0) is 56.3 Å². The molecule has 2 aliphatic carbocycles. The van der Waals surface area contributed by atoms with Gasteiger partial charge in [0.25, 0.3) is 0 Å². The molecule has 2 bridgehead atoms. The maximum absolute atomic E-state index is 10.4. The van der Waals surface area contributed by atoms with Crippen molar-refractivity contribution in [1.82, 2.24) is 0 Å². The Hall–Kier alpha value is -0.0400. The highest BCUT2D eigenvalue weighted by Gasteiger charge is 2.49. The summed E-state index contributed by atoms with van der Waals surface area (Å²) in [5.41, 5.74) is -0.257. The van der Waals surface area contributed by atoms with Crippen LogP contribution >= 0.6 is 0 Å². The third-order valence-corrected chi connectivity index (χ3v) is 4.10. The van der Waals surface area contributed by atoms with Crippen LogP contribution in [0.2, 0.25) is 0 Å². The topological polar surface area (TPSA) is 20.2 Å². The van der Waals surface area contributed by atoms with Crippen LogP contribution in [0.1, 0.15) is 52.4 Å². The first-order valence-electron chi connectivity index (χ1n) is 5.82. The molecule has 2 aliphatic rings. The van der Waals surface area contributed by atoms with Crippen molar-refractivity contribution in [2.45, 2.75) is 58.0 Å². The molecule has 0 radical (unpaired) electrons. The molecule has 0 aromatic carbocycles. The van der Waals surface area contributed by atoms with Gasteiger partial charge in [0.15, 0.2) is 0 Å². The summed E-state index contributed by atoms with van der Waals surface area (Å²) in [6.07, 6.45) is 7.33. The standard InChI is InChI=1S/C12H22O/c1-9(2)5-6-12(13)8-10-3-4-11(12)7-10/h9-11,13H,3-8H2,1-2H3. The minimum absolute atomic E-state index is 0.257. The Morgan fingerprint density at radius 3 is 2.62 bits per heavy atom. The Kier molecular flexibility index (Phi) is 2.39. The van der Waals surface area contributed by atoms with Crippen LogP contribution in [0, 0.1) is 17.8 Å². The van der Waals surface area contributed by atoms with Gasteiger partial charge in [0, 0.05) is 0 Å². The van der Waals surface area contributed by atoms with Crippen molar-refractivity contribution in [3.63, 3.8) is 0 Å². The van der Waals surface area contributed by atoms with Crippen molar-refractivity contribution in [2.24, 2.45) is 17.8 Å².